The molecule has 1 aliphatic heterocycles. The summed E-state index contributed by atoms with van der Waals surface area (Å²) in [4.78, 5) is 14.2. The van der Waals surface area contributed by atoms with E-state index in [2.05, 4.69) is 45.9 Å². The number of likely N-dealkylation sites (tertiary alicyclic amines) is 1. The molecule has 0 aromatic heterocycles. The van der Waals surface area contributed by atoms with Gasteiger partial charge in [0.25, 0.3) is 0 Å². The van der Waals surface area contributed by atoms with E-state index in [-0.39, 0.29) is 11.5 Å². The summed E-state index contributed by atoms with van der Waals surface area (Å²) in [5.74, 6) is 1.61. The Morgan fingerprint density at radius 2 is 1.72 bits per heavy atom. The first kappa shape index (κ1) is 22.0. The number of ether oxygens (including phenoxy) is 2. The summed E-state index contributed by atoms with van der Waals surface area (Å²) in [5.41, 5.74) is 2.84. The second kappa shape index (κ2) is 7.85. The minimum atomic E-state index is -0.429. The molecule has 0 radical (unpaired) electrons. The standard InChI is InChI=1S/C25H39NO3/c1-8-28-21-10-9-19(23(2,3)4)15-20(21)18-16-25(17-18)11-13-26(14-12-25)22(27)29-24(5,6)7/h9-10,15,18H,8,11-14,16-17H2,1-7H3. The topological polar surface area (TPSA) is 38.8 Å². The van der Waals surface area contributed by atoms with Gasteiger partial charge in [-0.05, 0) is 87.3 Å². The quantitative estimate of drug-likeness (QED) is 0.598. The molecule has 3 rings (SSSR count). The van der Waals surface area contributed by atoms with Crippen LogP contribution >= 0.6 is 0 Å². The molecule has 1 saturated heterocycles. The minimum Gasteiger partial charge on any atom is -0.494 e. The fourth-order valence-electron chi connectivity index (χ4n) is 4.72. The van der Waals surface area contributed by atoms with Gasteiger partial charge in [-0.25, -0.2) is 4.79 Å². The highest BCUT2D eigenvalue weighted by Crippen LogP contribution is 2.58. The van der Waals surface area contributed by atoms with Crippen LogP contribution in [0.15, 0.2) is 18.2 Å². The summed E-state index contributed by atoms with van der Waals surface area (Å²) >= 11 is 0. The highest BCUT2D eigenvalue weighted by molar-refractivity contribution is 5.68. The normalized spacial score (nSPS) is 19.8. The van der Waals surface area contributed by atoms with E-state index in [1.165, 1.54) is 24.0 Å². The molecule has 0 bridgehead atoms. The Morgan fingerprint density at radius 3 is 2.24 bits per heavy atom. The molecular weight excluding hydrogens is 362 g/mol. The molecular formula is C25H39NO3. The van der Waals surface area contributed by atoms with Gasteiger partial charge < -0.3 is 14.4 Å². The van der Waals surface area contributed by atoms with Gasteiger partial charge in [0.1, 0.15) is 11.4 Å². The lowest BCUT2D eigenvalue weighted by atomic mass is 9.56. The van der Waals surface area contributed by atoms with Gasteiger partial charge in [-0.3, -0.25) is 0 Å². The summed E-state index contributed by atoms with van der Waals surface area (Å²) in [6.45, 7) is 16.9. The zero-order chi connectivity index (χ0) is 21.4. The van der Waals surface area contributed by atoms with Gasteiger partial charge in [0.15, 0.2) is 0 Å². The Labute approximate surface area is 177 Å². The third-order valence-electron chi connectivity index (χ3n) is 6.45. The van der Waals surface area contributed by atoms with Crippen LogP contribution in [0.5, 0.6) is 5.75 Å². The maximum absolute atomic E-state index is 12.4. The van der Waals surface area contributed by atoms with Crippen molar-refractivity contribution in [2.45, 2.75) is 91.1 Å². The maximum atomic E-state index is 12.4. The highest BCUT2D eigenvalue weighted by Gasteiger charge is 2.47. The molecule has 162 valence electrons. The summed E-state index contributed by atoms with van der Waals surface area (Å²) in [6.07, 6.45) is 4.38. The Hall–Kier alpha value is -1.71. The van der Waals surface area contributed by atoms with E-state index in [9.17, 15) is 4.79 Å². The molecule has 4 nitrogen and oxygen atoms in total. The third kappa shape index (κ3) is 5.07. The fourth-order valence-corrected chi connectivity index (χ4v) is 4.72. The molecule has 1 aromatic rings. The Balaban J connectivity index is 1.64. The summed E-state index contributed by atoms with van der Waals surface area (Å²) in [7, 11) is 0. The van der Waals surface area contributed by atoms with Crippen LogP contribution in [0.1, 0.15) is 91.2 Å². The third-order valence-corrected chi connectivity index (χ3v) is 6.45. The first-order valence-electron chi connectivity index (χ1n) is 11.2. The van der Waals surface area contributed by atoms with Crippen molar-refractivity contribution in [3.05, 3.63) is 29.3 Å². The lowest BCUT2D eigenvalue weighted by Gasteiger charge is -2.52. The number of rotatable bonds is 3. The van der Waals surface area contributed by atoms with Crippen molar-refractivity contribution in [1.82, 2.24) is 4.90 Å². The maximum Gasteiger partial charge on any atom is 0.410 e. The van der Waals surface area contributed by atoms with Crippen LogP contribution in [0.2, 0.25) is 0 Å². The zero-order valence-corrected chi connectivity index (χ0v) is 19.4. The van der Waals surface area contributed by atoms with Crippen molar-refractivity contribution in [2.24, 2.45) is 5.41 Å². The van der Waals surface area contributed by atoms with E-state index in [0.717, 1.165) is 31.7 Å². The van der Waals surface area contributed by atoms with Crippen LogP contribution < -0.4 is 4.74 Å². The van der Waals surface area contributed by atoms with E-state index in [0.29, 0.717) is 17.9 Å². The van der Waals surface area contributed by atoms with Gasteiger partial charge in [0, 0.05) is 13.1 Å². The Bertz CT molecular complexity index is 725. The monoisotopic (exact) mass is 401 g/mol. The molecule has 4 heteroatoms. The van der Waals surface area contributed by atoms with Crippen molar-refractivity contribution in [2.75, 3.05) is 19.7 Å². The number of carbonyl (C=O) groups is 1. The zero-order valence-electron chi connectivity index (χ0n) is 19.4. The van der Waals surface area contributed by atoms with Crippen LogP contribution in [-0.4, -0.2) is 36.3 Å². The minimum absolute atomic E-state index is 0.139. The molecule has 0 N–H and O–H groups in total. The van der Waals surface area contributed by atoms with Gasteiger partial charge in [0.2, 0.25) is 0 Å². The lowest BCUT2D eigenvalue weighted by Crippen LogP contribution is -2.49. The number of carbonyl (C=O) groups excluding carboxylic acids is 1. The molecule has 0 unspecified atom stereocenters. The molecule has 2 fully saturated rings. The van der Waals surface area contributed by atoms with Crippen molar-refractivity contribution in [3.8, 4) is 5.75 Å². The van der Waals surface area contributed by atoms with Crippen molar-refractivity contribution >= 4 is 6.09 Å². The average Bonchev–Trinajstić information content (AvgIpc) is 2.58. The number of hydrogen-bond donors (Lipinski definition) is 0. The summed E-state index contributed by atoms with van der Waals surface area (Å²) < 4.78 is 11.5. The molecule has 29 heavy (non-hydrogen) atoms. The SMILES string of the molecule is CCOc1ccc(C(C)(C)C)cc1C1CC2(CCN(C(=O)OC(C)(C)C)CC2)C1. The van der Waals surface area contributed by atoms with Crippen molar-refractivity contribution in [1.29, 1.82) is 0 Å². The van der Waals surface area contributed by atoms with Gasteiger partial charge in [0.05, 0.1) is 6.61 Å². The smallest absolute Gasteiger partial charge is 0.410 e. The summed E-state index contributed by atoms with van der Waals surface area (Å²) in [5, 5.41) is 0. The number of piperidine rings is 1. The van der Waals surface area contributed by atoms with Gasteiger partial charge in [-0.1, -0.05) is 32.9 Å². The molecule has 1 aromatic carbocycles. The Kier molecular flexibility index (Phi) is 5.95. The predicted molar refractivity (Wildman–Crippen MR) is 118 cm³/mol. The van der Waals surface area contributed by atoms with Crippen LogP contribution in [0.4, 0.5) is 4.79 Å². The van der Waals surface area contributed by atoms with Gasteiger partial charge >= 0.3 is 6.09 Å². The number of hydrogen-bond acceptors (Lipinski definition) is 3. The second-order valence-electron chi connectivity index (χ2n) is 11.0. The molecule has 1 heterocycles. The number of nitrogens with zero attached hydrogens (tertiary/aromatic N) is 1. The molecule has 1 aliphatic carbocycles. The van der Waals surface area contributed by atoms with E-state index in [1.807, 2.05) is 25.7 Å². The average molecular weight is 402 g/mol. The molecule has 1 spiro atoms. The van der Waals surface area contributed by atoms with Crippen LogP contribution in [0.25, 0.3) is 0 Å². The molecule has 1 saturated carbocycles. The van der Waals surface area contributed by atoms with Crippen LogP contribution in [0.3, 0.4) is 0 Å². The van der Waals surface area contributed by atoms with E-state index >= 15 is 0 Å². The molecule has 2 aliphatic rings. The van der Waals surface area contributed by atoms with E-state index < -0.39 is 5.60 Å². The van der Waals surface area contributed by atoms with Gasteiger partial charge in [-0.15, -0.1) is 0 Å². The fraction of sp³-hybridized carbons (Fsp3) is 0.720. The van der Waals surface area contributed by atoms with Crippen LogP contribution in [0, 0.1) is 5.41 Å². The largest absolute Gasteiger partial charge is 0.494 e. The lowest BCUT2D eigenvalue weighted by molar-refractivity contribution is -0.0123. The predicted octanol–water partition coefficient (Wildman–Crippen LogP) is 6.28. The molecule has 0 atom stereocenters. The van der Waals surface area contributed by atoms with Crippen molar-refractivity contribution in [3.63, 3.8) is 0 Å². The summed E-state index contributed by atoms with van der Waals surface area (Å²) in [6, 6.07) is 6.75. The Morgan fingerprint density at radius 1 is 1.10 bits per heavy atom. The van der Waals surface area contributed by atoms with Crippen molar-refractivity contribution < 1.29 is 14.3 Å². The second-order valence-corrected chi connectivity index (χ2v) is 11.0. The van der Waals surface area contributed by atoms with E-state index in [1.54, 1.807) is 0 Å². The van der Waals surface area contributed by atoms with Crippen LogP contribution in [-0.2, 0) is 10.2 Å². The first-order chi connectivity index (χ1) is 13.4. The first-order valence-corrected chi connectivity index (χ1v) is 11.2. The number of benzene rings is 1. The highest BCUT2D eigenvalue weighted by atomic mass is 16.6. The van der Waals surface area contributed by atoms with Gasteiger partial charge in [-0.2, -0.15) is 0 Å². The van der Waals surface area contributed by atoms with E-state index in [4.69, 9.17) is 9.47 Å². The molecule has 1 amide bonds. The number of amides is 1.